The first kappa shape index (κ1) is 18.8. The maximum atomic E-state index is 11.9. The van der Waals surface area contributed by atoms with E-state index in [1.165, 1.54) is 0 Å². The van der Waals surface area contributed by atoms with E-state index in [0.717, 1.165) is 16.7 Å². The molecule has 1 aromatic carbocycles. The van der Waals surface area contributed by atoms with Crippen LogP contribution >= 0.6 is 0 Å². The molecule has 0 aromatic heterocycles. The lowest BCUT2D eigenvalue weighted by atomic mass is 9.78. The Labute approximate surface area is 145 Å². The summed E-state index contributed by atoms with van der Waals surface area (Å²) in [6, 6.07) is 4.03. The number of rotatable bonds is 5. The topological polar surface area (TPSA) is 59.1 Å². The molecule has 4 heteroatoms. The number of hydrogen-bond acceptors (Lipinski definition) is 4. The van der Waals surface area contributed by atoms with Crippen molar-refractivity contribution in [1.82, 2.24) is 0 Å². The molecule has 1 N–H and O–H groups in total. The largest absolute Gasteiger partial charge is 0.507 e. The van der Waals surface area contributed by atoms with Gasteiger partial charge in [0.25, 0.3) is 0 Å². The van der Waals surface area contributed by atoms with Crippen molar-refractivity contribution in [3.05, 3.63) is 28.8 Å². The highest BCUT2D eigenvalue weighted by Crippen LogP contribution is 2.39. The Balaban J connectivity index is 2.17. The van der Waals surface area contributed by atoms with Crippen LogP contribution in [0, 0.1) is 0 Å². The summed E-state index contributed by atoms with van der Waals surface area (Å²) in [5.41, 5.74) is 2.57. The molecular weight excluding hydrogens is 304 g/mol. The summed E-state index contributed by atoms with van der Waals surface area (Å²) < 4.78 is 10.2. The van der Waals surface area contributed by atoms with Crippen molar-refractivity contribution in [2.45, 2.75) is 71.3 Å². The molecule has 1 atom stereocenters. The average molecular weight is 334 g/mol. The summed E-state index contributed by atoms with van der Waals surface area (Å²) in [6.45, 7) is 13.6. The van der Waals surface area contributed by atoms with Gasteiger partial charge in [-0.05, 0) is 33.9 Å². The second kappa shape index (κ2) is 6.75. The molecule has 0 bridgehead atoms. The van der Waals surface area contributed by atoms with Crippen LogP contribution in [0.2, 0.25) is 0 Å². The van der Waals surface area contributed by atoms with Crippen LogP contribution in [0.3, 0.4) is 0 Å². The van der Waals surface area contributed by atoms with Crippen molar-refractivity contribution in [3.8, 4) is 5.75 Å². The zero-order chi connectivity index (χ0) is 18.1. The van der Waals surface area contributed by atoms with Crippen LogP contribution in [0.15, 0.2) is 12.1 Å². The average Bonchev–Trinajstić information content (AvgIpc) is 3.25. The van der Waals surface area contributed by atoms with E-state index >= 15 is 0 Å². The summed E-state index contributed by atoms with van der Waals surface area (Å²) in [6.07, 6.45) is 1.05. The number of phenolic OH excluding ortho intramolecular Hbond substituents is 1. The molecule has 24 heavy (non-hydrogen) atoms. The number of phenols is 1. The van der Waals surface area contributed by atoms with E-state index in [1.807, 2.05) is 12.1 Å². The van der Waals surface area contributed by atoms with Crippen LogP contribution in [0.1, 0.15) is 64.7 Å². The van der Waals surface area contributed by atoms with Crippen molar-refractivity contribution in [2.24, 2.45) is 0 Å². The lowest BCUT2D eigenvalue weighted by Gasteiger charge is -2.28. The van der Waals surface area contributed by atoms with Gasteiger partial charge >= 0.3 is 5.97 Å². The Morgan fingerprint density at radius 3 is 2.08 bits per heavy atom. The van der Waals surface area contributed by atoms with Crippen LogP contribution in [-0.2, 0) is 31.5 Å². The molecule has 1 saturated heterocycles. The van der Waals surface area contributed by atoms with E-state index in [0.29, 0.717) is 31.8 Å². The minimum absolute atomic E-state index is 0.0996. The Hall–Kier alpha value is -1.55. The third-order valence-electron chi connectivity index (χ3n) is 4.24. The molecule has 134 valence electrons. The summed E-state index contributed by atoms with van der Waals surface area (Å²) in [7, 11) is 0. The van der Waals surface area contributed by atoms with Gasteiger partial charge in [0.2, 0.25) is 0 Å². The first-order valence-electron chi connectivity index (χ1n) is 8.62. The highest BCUT2D eigenvalue weighted by atomic mass is 16.6. The van der Waals surface area contributed by atoms with Crippen LogP contribution in [0.4, 0.5) is 0 Å². The van der Waals surface area contributed by atoms with Gasteiger partial charge in [-0.3, -0.25) is 4.79 Å². The molecule has 0 aliphatic carbocycles. The molecule has 1 aromatic rings. The second-order valence-corrected chi connectivity index (χ2v) is 8.68. The van der Waals surface area contributed by atoms with E-state index in [2.05, 4.69) is 41.5 Å². The minimum Gasteiger partial charge on any atom is -0.507 e. The van der Waals surface area contributed by atoms with Crippen molar-refractivity contribution in [1.29, 1.82) is 0 Å². The number of aryl methyl sites for hydroxylation is 1. The fraction of sp³-hybridized carbons (Fsp3) is 0.650. The summed E-state index contributed by atoms with van der Waals surface area (Å²) >= 11 is 0. The van der Waals surface area contributed by atoms with Crippen LogP contribution in [-0.4, -0.2) is 30.4 Å². The summed E-state index contributed by atoms with van der Waals surface area (Å²) in [5.74, 6) is 0.167. The van der Waals surface area contributed by atoms with Crippen molar-refractivity contribution in [2.75, 3.05) is 13.2 Å². The number of epoxide rings is 1. The fourth-order valence-electron chi connectivity index (χ4n) is 2.65. The number of carbonyl (C=O) groups excluding carboxylic acids is 1. The summed E-state index contributed by atoms with van der Waals surface area (Å²) in [4.78, 5) is 11.9. The fourth-order valence-corrected chi connectivity index (χ4v) is 2.65. The molecule has 1 fully saturated rings. The number of carbonyl (C=O) groups is 1. The SMILES string of the molecule is CC(C)(C)c1cc(CCC(=O)OCC2CO2)cc(C(C)(C)C)c1O. The van der Waals surface area contributed by atoms with Gasteiger partial charge in [0.15, 0.2) is 0 Å². The minimum atomic E-state index is -0.201. The smallest absolute Gasteiger partial charge is 0.306 e. The van der Waals surface area contributed by atoms with Gasteiger partial charge in [-0.1, -0.05) is 53.7 Å². The molecule has 0 saturated carbocycles. The van der Waals surface area contributed by atoms with Gasteiger partial charge in [-0.25, -0.2) is 0 Å². The van der Waals surface area contributed by atoms with Gasteiger partial charge < -0.3 is 14.6 Å². The van der Waals surface area contributed by atoms with Gasteiger partial charge in [-0.15, -0.1) is 0 Å². The van der Waals surface area contributed by atoms with Crippen molar-refractivity contribution < 1.29 is 19.4 Å². The van der Waals surface area contributed by atoms with Crippen LogP contribution in [0.5, 0.6) is 5.75 Å². The van der Waals surface area contributed by atoms with E-state index < -0.39 is 0 Å². The highest BCUT2D eigenvalue weighted by molar-refractivity contribution is 5.69. The number of hydrogen-bond donors (Lipinski definition) is 1. The Morgan fingerprint density at radius 2 is 1.67 bits per heavy atom. The van der Waals surface area contributed by atoms with E-state index in [9.17, 15) is 9.90 Å². The quantitative estimate of drug-likeness (QED) is 0.656. The Kier molecular flexibility index (Phi) is 5.28. The van der Waals surface area contributed by atoms with Crippen molar-refractivity contribution >= 4 is 5.97 Å². The number of ether oxygens (including phenoxy) is 2. The molecule has 1 aliphatic heterocycles. The maximum absolute atomic E-state index is 11.9. The van der Waals surface area contributed by atoms with Gasteiger partial charge in [0.05, 0.1) is 6.61 Å². The zero-order valence-corrected chi connectivity index (χ0v) is 15.7. The number of esters is 1. The lowest BCUT2D eigenvalue weighted by Crippen LogP contribution is -2.18. The third kappa shape index (κ3) is 4.97. The Bertz CT molecular complexity index is 566. The second-order valence-electron chi connectivity index (χ2n) is 8.68. The molecule has 2 rings (SSSR count). The van der Waals surface area contributed by atoms with E-state index in [1.54, 1.807) is 0 Å². The third-order valence-corrected chi connectivity index (χ3v) is 4.24. The highest BCUT2D eigenvalue weighted by Gasteiger charge is 2.27. The van der Waals surface area contributed by atoms with E-state index in [4.69, 9.17) is 9.47 Å². The molecule has 0 amide bonds. The number of benzene rings is 1. The molecule has 1 unspecified atom stereocenters. The lowest BCUT2D eigenvalue weighted by molar-refractivity contribution is -0.144. The van der Waals surface area contributed by atoms with Crippen molar-refractivity contribution in [3.63, 3.8) is 0 Å². The van der Waals surface area contributed by atoms with Gasteiger partial charge in [0.1, 0.15) is 18.5 Å². The van der Waals surface area contributed by atoms with Gasteiger partial charge in [0, 0.05) is 6.42 Å². The van der Waals surface area contributed by atoms with Crippen LogP contribution < -0.4 is 0 Å². The molecular formula is C20H30O4. The monoisotopic (exact) mass is 334 g/mol. The molecule has 1 heterocycles. The predicted octanol–water partition coefficient (Wildman–Crippen LogP) is 3.86. The molecule has 4 nitrogen and oxygen atoms in total. The zero-order valence-electron chi connectivity index (χ0n) is 15.7. The predicted molar refractivity (Wildman–Crippen MR) is 94.5 cm³/mol. The molecule has 1 aliphatic rings. The number of aromatic hydroxyl groups is 1. The molecule has 0 radical (unpaired) electrons. The van der Waals surface area contributed by atoms with Crippen LogP contribution in [0.25, 0.3) is 0 Å². The normalized spacial score (nSPS) is 17.7. The summed E-state index contributed by atoms with van der Waals surface area (Å²) in [5, 5.41) is 10.7. The first-order chi connectivity index (χ1) is 11.0. The van der Waals surface area contributed by atoms with Gasteiger partial charge in [-0.2, -0.15) is 0 Å². The van der Waals surface area contributed by atoms with E-state index in [-0.39, 0.29) is 22.9 Å². The maximum Gasteiger partial charge on any atom is 0.306 e. The molecule has 0 spiro atoms. The Morgan fingerprint density at radius 1 is 1.17 bits per heavy atom. The first-order valence-corrected chi connectivity index (χ1v) is 8.62. The standard InChI is InChI=1S/C20H30O4/c1-19(2,3)15-9-13(10-16(18(15)22)20(4,5)6)7-8-17(21)24-12-14-11-23-14/h9-10,14,22H,7-8,11-12H2,1-6H3.